The molecule has 1 aliphatic heterocycles. The van der Waals surface area contributed by atoms with Crippen LogP contribution in [0.5, 0.6) is 0 Å². The highest BCUT2D eigenvalue weighted by atomic mass is 35.5. The maximum Gasteiger partial charge on any atom is 0.227 e. The molecule has 0 spiro atoms. The van der Waals surface area contributed by atoms with Gasteiger partial charge in [0.25, 0.3) is 0 Å². The summed E-state index contributed by atoms with van der Waals surface area (Å²) < 4.78 is 0. The molecule has 0 unspecified atom stereocenters. The van der Waals surface area contributed by atoms with Gasteiger partial charge in [0.1, 0.15) is 0 Å². The van der Waals surface area contributed by atoms with Crippen LogP contribution in [-0.4, -0.2) is 22.4 Å². The van der Waals surface area contributed by atoms with Crippen molar-refractivity contribution in [3.63, 3.8) is 0 Å². The summed E-state index contributed by atoms with van der Waals surface area (Å²) in [6, 6.07) is 0. The highest BCUT2D eigenvalue weighted by Gasteiger charge is 2.24. The summed E-state index contributed by atoms with van der Waals surface area (Å²) in [6.07, 6.45) is 2.87. The highest BCUT2D eigenvalue weighted by molar-refractivity contribution is 6.34. The lowest BCUT2D eigenvalue weighted by atomic mass is 10.4. The van der Waals surface area contributed by atoms with Crippen LogP contribution in [0, 0.1) is 0 Å². The van der Waals surface area contributed by atoms with Gasteiger partial charge < -0.3 is 4.90 Å². The molecule has 1 aromatic rings. The number of carbonyl (C=O) groups is 1. The summed E-state index contributed by atoms with van der Waals surface area (Å²) in [5.41, 5.74) is 0.540. The first kappa shape index (κ1) is 9.68. The average Bonchev–Trinajstić information content (AvgIpc) is 2.52. The van der Waals surface area contributed by atoms with Gasteiger partial charge in [0.05, 0.1) is 11.9 Å². The molecule has 74 valence electrons. The van der Waals surface area contributed by atoms with Gasteiger partial charge in [-0.15, -0.1) is 0 Å². The molecule has 0 aromatic carbocycles. The largest absolute Gasteiger partial charge is 0.308 e. The van der Waals surface area contributed by atoms with Crippen molar-refractivity contribution < 1.29 is 4.79 Å². The van der Waals surface area contributed by atoms with Crippen molar-refractivity contribution in [2.45, 2.75) is 12.8 Å². The van der Waals surface area contributed by atoms with Crippen molar-refractivity contribution >= 4 is 34.8 Å². The second-order valence-corrected chi connectivity index (χ2v) is 3.66. The van der Waals surface area contributed by atoms with Gasteiger partial charge in [0, 0.05) is 13.0 Å². The normalized spacial score (nSPS) is 16.4. The molecule has 6 heteroatoms. The van der Waals surface area contributed by atoms with E-state index < -0.39 is 0 Å². The Morgan fingerprint density at radius 3 is 2.79 bits per heavy atom. The van der Waals surface area contributed by atoms with E-state index in [-0.39, 0.29) is 16.3 Å². The molecule has 0 atom stereocenters. The summed E-state index contributed by atoms with van der Waals surface area (Å²) >= 11 is 11.4. The second kappa shape index (κ2) is 3.71. The van der Waals surface area contributed by atoms with E-state index in [9.17, 15) is 4.79 Å². The number of amides is 1. The van der Waals surface area contributed by atoms with Crippen LogP contribution < -0.4 is 4.90 Å². The summed E-state index contributed by atoms with van der Waals surface area (Å²) in [7, 11) is 0. The number of aromatic nitrogens is 2. The van der Waals surface area contributed by atoms with Gasteiger partial charge in [-0.3, -0.25) is 4.79 Å². The Labute approximate surface area is 90.9 Å². The standard InChI is InChI=1S/C8H7Cl2N3O/c9-7-5(4-11-8(10)12-7)13-3-1-2-6(13)14/h4H,1-3H2. The molecule has 2 heterocycles. The number of halogens is 2. The first-order valence-electron chi connectivity index (χ1n) is 4.17. The predicted molar refractivity (Wildman–Crippen MR) is 53.6 cm³/mol. The number of hydrogen-bond donors (Lipinski definition) is 0. The van der Waals surface area contributed by atoms with E-state index in [2.05, 4.69) is 9.97 Å². The van der Waals surface area contributed by atoms with E-state index in [1.54, 1.807) is 4.90 Å². The minimum Gasteiger partial charge on any atom is -0.308 e. The highest BCUT2D eigenvalue weighted by Crippen LogP contribution is 2.27. The van der Waals surface area contributed by atoms with Crippen molar-refractivity contribution in [3.05, 3.63) is 16.6 Å². The Bertz CT molecular complexity index is 383. The monoisotopic (exact) mass is 231 g/mol. The molecule has 0 saturated carbocycles. The molecule has 1 amide bonds. The van der Waals surface area contributed by atoms with E-state index in [1.165, 1.54) is 6.20 Å². The molecule has 2 rings (SSSR count). The zero-order valence-electron chi connectivity index (χ0n) is 7.20. The van der Waals surface area contributed by atoms with Gasteiger partial charge in [0.15, 0.2) is 5.15 Å². The Balaban J connectivity index is 2.36. The summed E-state index contributed by atoms with van der Waals surface area (Å²) in [6.45, 7) is 0.670. The van der Waals surface area contributed by atoms with Crippen molar-refractivity contribution in [3.8, 4) is 0 Å². The van der Waals surface area contributed by atoms with E-state index in [0.717, 1.165) is 6.42 Å². The SMILES string of the molecule is O=C1CCCN1c1cnc(Cl)nc1Cl. The van der Waals surface area contributed by atoms with Gasteiger partial charge in [-0.25, -0.2) is 9.97 Å². The van der Waals surface area contributed by atoms with Crippen LogP contribution in [0.3, 0.4) is 0 Å². The molecular formula is C8H7Cl2N3O. The zero-order chi connectivity index (χ0) is 10.1. The third kappa shape index (κ3) is 1.67. The fourth-order valence-electron chi connectivity index (χ4n) is 1.42. The molecule has 0 N–H and O–H groups in total. The van der Waals surface area contributed by atoms with E-state index in [4.69, 9.17) is 23.2 Å². The van der Waals surface area contributed by atoms with Crippen molar-refractivity contribution in [1.82, 2.24) is 9.97 Å². The number of anilines is 1. The molecular weight excluding hydrogens is 225 g/mol. The van der Waals surface area contributed by atoms with Crippen LogP contribution in [0.1, 0.15) is 12.8 Å². The molecule has 0 bridgehead atoms. The topological polar surface area (TPSA) is 46.1 Å². The number of hydrogen-bond acceptors (Lipinski definition) is 3. The molecule has 1 aromatic heterocycles. The number of carbonyl (C=O) groups excluding carboxylic acids is 1. The first-order chi connectivity index (χ1) is 6.68. The summed E-state index contributed by atoms with van der Waals surface area (Å²) in [5.74, 6) is 0.0535. The van der Waals surface area contributed by atoms with Crippen molar-refractivity contribution in [2.24, 2.45) is 0 Å². The Hall–Kier alpha value is -0.870. The molecule has 4 nitrogen and oxygen atoms in total. The minimum absolute atomic E-state index is 0.0535. The fourth-order valence-corrected chi connectivity index (χ4v) is 1.83. The Morgan fingerprint density at radius 1 is 1.43 bits per heavy atom. The van der Waals surface area contributed by atoms with Gasteiger partial charge in [-0.2, -0.15) is 0 Å². The maximum absolute atomic E-state index is 11.4. The van der Waals surface area contributed by atoms with Crippen molar-refractivity contribution in [1.29, 1.82) is 0 Å². The van der Waals surface area contributed by atoms with Crippen LogP contribution in [0.4, 0.5) is 5.69 Å². The fraction of sp³-hybridized carbons (Fsp3) is 0.375. The van der Waals surface area contributed by atoms with Gasteiger partial charge in [0.2, 0.25) is 11.2 Å². The lowest BCUT2D eigenvalue weighted by molar-refractivity contribution is -0.117. The van der Waals surface area contributed by atoms with Crippen molar-refractivity contribution in [2.75, 3.05) is 11.4 Å². The Morgan fingerprint density at radius 2 is 2.21 bits per heavy atom. The third-order valence-electron chi connectivity index (χ3n) is 2.06. The number of rotatable bonds is 1. The average molecular weight is 232 g/mol. The van der Waals surface area contributed by atoms with E-state index in [1.807, 2.05) is 0 Å². The molecule has 1 fully saturated rings. The lowest BCUT2D eigenvalue weighted by Crippen LogP contribution is -2.24. The van der Waals surface area contributed by atoms with Crippen LogP contribution in [-0.2, 0) is 4.79 Å². The lowest BCUT2D eigenvalue weighted by Gasteiger charge is -2.15. The molecule has 1 saturated heterocycles. The zero-order valence-corrected chi connectivity index (χ0v) is 8.72. The summed E-state index contributed by atoms with van der Waals surface area (Å²) in [4.78, 5) is 20.5. The van der Waals surface area contributed by atoms with Gasteiger partial charge >= 0.3 is 0 Å². The summed E-state index contributed by atoms with van der Waals surface area (Å²) in [5, 5.41) is 0.311. The Kier molecular flexibility index (Phi) is 2.56. The predicted octanol–water partition coefficient (Wildman–Crippen LogP) is 1.91. The maximum atomic E-state index is 11.4. The molecule has 0 aliphatic carbocycles. The number of nitrogens with zero attached hydrogens (tertiary/aromatic N) is 3. The van der Waals surface area contributed by atoms with Gasteiger partial charge in [-0.1, -0.05) is 11.6 Å². The quantitative estimate of drug-likeness (QED) is 0.548. The minimum atomic E-state index is 0.0535. The smallest absolute Gasteiger partial charge is 0.227 e. The van der Waals surface area contributed by atoms with Crippen LogP contribution >= 0.6 is 23.2 Å². The second-order valence-electron chi connectivity index (χ2n) is 2.96. The molecule has 14 heavy (non-hydrogen) atoms. The first-order valence-corrected chi connectivity index (χ1v) is 4.92. The van der Waals surface area contributed by atoms with E-state index in [0.29, 0.717) is 18.7 Å². The van der Waals surface area contributed by atoms with Crippen LogP contribution in [0.15, 0.2) is 6.20 Å². The van der Waals surface area contributed by atoms with Gasteiger partial charge in [-0.05, 0) is 18.0 Å². The third-order valence-corrected chi connectivity index (χ3v) is 2.52. The van der Waals surface area contributed by atoms with E-state index >= 15 is 0 Å². The molecule has 1 aliphatic rings. The van der Waals surface area contributed by atoms with Crippen LogP contribution in [0.2, 0.25) is 10.4 Å². The van der Waals surface area contributed by atoms with Crippen LogP contribution in [0.25, 0.3) is 0 Å². The molecule has 0 radical (unpaired) electrons.